The van der Waals surface area contributed by atoms with Crippen LogP contribution in [-0.4, -0.2) is 12.6 Å². The van der Waals surface area contributed by atoms with Gasteiger partial charge in [-0.1, -0.05) is 44.0 Å². The molecule has 0 N–H and O–H groups in total. The Morgan fingerprint density at radius 1 is 1.50 bits per heavy atom. The van der Waals surface area contributed by atoms with E-state index in [1.165, 1.54) is 11.6 Å². The minimum atomic E-state index is -0.316. The fourth-order valence-corrected chi connectivity index (χ4v) is 2.53. The summed E-state index contributed by atoms with van der Waals surface area (Å²) in [4.78, 5) is 11.1. The molecule has 1 aromatic rings. The van der Waals surface area contributed by atoms with Crippen molar-refractivity contribution in [3.8, 4) is 0 Å². The molecule has 0 aliphatic heterocycles. The van der Waals surface area contributed by atoms with E-state index in [1.807, 2.05) is 18.2 Å². The summed E-state index contributed by atoms with van der Waals surface area (Å²) in [7, 11) is 0. The summed E-state index contributed by atoms with van der Waals surface area (Å²) in [6.45, 7) is 2.18. The van der Waals surface area contributed by atoms with Crippen LogP contribution in [0.2, 0.25) is 0 Å². The van der Waals surface area contributed by atoms with Crippen LogP contribution in [0.25, 0.3) is 6.08 Å². The van der Waals surface area contributed by atoms with Crippen molar-refractivity contribution in [3.63, 3.8) is 0 Å². The van der Waals surface area contributed by atoms with Gasteiger partial charge in [-0.2, -0.15) is 0 Å². The summed E-state index contributed by atoms with van der Waals surface area (Å²) in [5, 5.41) is 0.801. The lowest BCUT2D eigenvalue weighted by Gasteiger charge is -2.01. The first-order chi connectivity index (χ1) is 7.67. The Balaban J connectivity index is 2.75. The molecule has 0 aliphatic rings. The first kappa shape index (κ1) is 13.5. The van der Waals surface area contributed by atoms with E-state index in [9.17, 15) is 4.79 Å². The maximum absolute atomic E-state index is 11.1. The van der Waals surface area contributed by atoms with Crippen molar-refractivity contribution >= 4 is 43.9 Å². The van der Waals surface area contributed by atoms with E-state index in [0.717, 1.165) is 15.4 Å². The fraction of sp³-hybridized carbons (Fsp3) is 0.250. The number of esters is 1. The summed E-state index contributed by atoms with van der Waals surface area (Å²) in [6.07, 6.45) is 3.17. The van der Waals surface area contributed by atoms with Gasteiger partial charge in [0.1, 0.15) is 0 Å². The molecule has 4 heteroatoms. The van der Waals surface area contributed by atoms with Crippen LogP contribution in [0.1, 0.15) is 18.1 Å². The molecular formula is C12H12Br2O2. The third-order valence-corrected chi connectivity index (χ3v) is 3.26. The molecule has 0 bridgehead atoms. The third-order valence-electron chi connectivity index (χ3n) is 1.92. The highest BCUT2D eigenvalue weighted by molar-refractivity contribution is 9.10. The molecule has 1 rings (SSSR count). The molecule has 86 valence electrons. The Morgan fingerprint density at radius 3 is 2.81 bits per heavy atom. The standard InChI is InChI=1S/C12H12Br2O2/c1-2-16-12(15)6-4-9-3-5-10(8-13)11(14)7-9/h3-7H,2,8H2,1H3. The maximum atomic E-state index is 11.1. The van der Waals surface area contributed by atoms with Crippen molar-refractivity contribution in [3.05, 3.63) is 39.9 Å². The zero-order valence-corrected chi connectivity index (χ0v) is 12.0. The monoisotopic (exact) mass is 346 g/mol. The third kappa shape index (κ3) is 4.10. The van der Waals surface area contributed by atoms with Gasteiger partial charge >= 0.3 is 5.97 Å². The number of ether oxygens (including phenoxy) is 1. The summed E-state index contributed by atoms with van der Waals surface area (Å²) in [6, 6.07) is 5.92. The summed E-state index contributed by atoms with van der Waals surface area (Å²) in [5.41, 5.74) is 2.14. The Hall–Kier alpha value is -0.610. The maximum Gasteiger partial charge on any atom is 0.330 e. The number of hydrogen-bond acceptors (Lipinski definition) is 2. The minimum Gasteiger partial charge on any atom is -0.463 e. The highest BCUT2D eigenvalue weighted by Gasteiger charge is 1.99. The van der Waals surface area contributed by atoms with Gasteiger partial charge < -0.3 is 4.74 Å². The number of hydrogen-bond donors (Lipinski definition) is 0. The highest BCUT2D eigenvalue weighted by Crippen LogP contribution is 2.21. The fourth-order valence-electron chi connectivity index (χ4n) is 1.13. The highest BCUT2D eigenvalue weighted by atomic mass is 79.9. The molecule has 0 amide bonds. The Kier molecular flexibility index (Phi) is 5.77. The lowest BCUT2D eigenvalue weighted by Crippen LogP contribution is -1.98. The largest absolute Gasteiger partial charge is 0.463 e. The van der Waals surface area contributed by atoms with Crippen molar-refractivity contribution in [1.29, 1.82) is 0 Å². The van der Waals surface area contributed by atoms with E-state index < -0.39 is 0 Å². The van der Waals surface area contributed by atoms with E-state index in [-0.39, 0.29) is 5.97 Å². The van der Waals surface area contributed by atoms with Crippen LogP contribution in [-0.2, 0) is 14.9 Å². The van der Waals surface area contributed by atoms with E-state index in [2.05, 4.69) is 31.9 Å². The van der Waals surface area contributed by atoms with E-state index >= 15 is 0 Å². The molecule has 16 heavy (non-hydrogen) atoms. The predicted octanol–water partition coefficient (Wildman–Crippen LogP) is 3.92. The van der Waals surface area contributed by atoms with Crippen LogP contribution in [0.3, 0.4) is 0 Å². The van der Waals surface area contributed by atoms with Crippen LogP contribution < -0.4 is 0 Å². The van der Waals surface area contributed by atoms with Gasteiger partial charge in [-0.05, 0) is 30.2 Å². The lowest BCUT2D eigenvalue weighted by atomic mass is 10.1. The molecule has 0 unspecified atom stereocenters. The van der Waals surface area contributed by atoms with Gasteiger partial charge in [-0.15, -0.1) is 0 Å². The molecule has 0 heterocycles. The van der Waals surface area contributed by atoms with Crippen LogP contribution in [0.5, 0.6) is 0 Å². The van der Waals surface area contributed by atoms with Crippen molar-refractivity contribution < 1.29 is 9.53 Å². The summed E-state index contributed by atoms with van der Waals surface area (Å²) >= 11 is 6.86. The molecule has 0 fully saturated rings. The molecule has 0 saturated carbocycles. The quantitative estimate of drug-likeness (QED) is 0.468. The van der Waals surface area contributed by atoms with E-state index in [0.29, 0.717) is 6.61 Å². The van der Waals surface area contributed by atoms with Crippen molar-refractivity contribution in [2.75, 3.05) is 6.61 Å². The second kappa shape index (κ2) is 6.86. The number of carbonyl (C=O) groups is 1. The van der Waals surface area contributed by atoms with Crippen molar-refractivity contribution in [2.45, 2.75) is 12.3 Å². The average molecular weight is 348 g/mol. The van der Waals surface area contributed by atoms with E-state index in [4.69, 9.17) is 4.74 Å². The number of halogens is 2. The number of alkyl halides is 1. The molecule has 0 saturated heterocycles. The van der Waals surface area contributed by atoms with Gasteiger partial charge in [0.2, 0.25) is 0 Å². The van der Waals surface area contributed by atoms with E-state index in [1.54, 1.807) is 13.0 Å². The molecule has 0 aromatic heterocycles. The molecule has 2 nitrogen and oxygen atoms in total. The van der Waals surface area contributed by atoms with Gasteiger partial charge in [0.15, 0.2) is 0 Å². The second-order valence-corrected chi connectivity index (χ2v) is 4.48. The van der Waals surface area contributed by atoms with Gasteiger partial charge in [0.25, 0.3) is 0 Å². The normalized spacial score (nSPS) is 10.7. The number of rotatable bonds is 4. The van der Waals surface area contributed by atoms with Crippen LogP contribution in [0.15, 0.2) is 28.7 Å². The molecule has 0 atom stereocenters. The number of carbonyl (C=O) groups excluding carboxylic acids is 1. The smallest absolute Gasteiger partial charge is 0.330 e. The SMILES string of the molecule is CCOC(=O)C=Cc1ccc(CBr)c(Br)c1. The molecule has 1 aromatic carbocycles. The zero-order chi connectivity index (χ0) is 12.0. The van der Waals surface area contributed by atoms with Crippen molar-refractivity contribution in [1.82, 2.24) is 0 Å². The zero-order valence-electron chi connectivity index (χ0n) is 8.87. The number of benzene rings is 1. The Morgan fingerprint density at radius 2 is 2.25 bits per heavy atom. The second-order valence-electron chi connectivity index (χ2n) is 3.07. The predicted molar refractivity (Wildman–Crippen MR) is 72.4 cm³/mol. The average Bonchev–Trinajstić information content (AvgIpc) is 2.27. The van der Waals surface area contributed by atoms with Crippen LogP contribution >= 0.6 is 31.9 Å². The Bertz CT molecular complexity index is 400. The Labute approximate surface area is 112 Å². The van der Waals surface area contributed by atoms with Gasteiger partial charge in [-0.25, -0.2) is 4.79 Å². The minimum absolute atomic E-state index is 0.316. The van der Waals surface area contributed by atoms with Gasteiger partial charge in [0.05, 0.1) is 6.61 Å². The lowest BCUT2D eigenvalue weighted by molar-refractivity contribution is -0.137. The molecule has 0 spiro atoms. The van der Waals surface area contributed by atoms with Gasteiger partial charge in [0, 0.05) is 15.9 Å². The van der Waals surface area contributed by atoms with Crippen molar-refractivity contribution in [2.24, 2.45) is 0 Å². The van der Waals surface area contributed by atoms with Gasteiger partial charge in [-0.3, -0.25) is 0 Å². The first-order valence-corrected chi connectivity index (χ1v) is 6.78. The molecule has 0 radical (unpaired) electrons. The molecular weight excluding hydrogens is 336 g/mol. The summed E-state index contributed by atoms with van der Waals surface area (Å²) < 4.78 is 5.82. The van der Waals surface area contributed by atoms with Crippen LogP contribution in [0, 0.1) is 0 Å². The first-order valence-electron chi connectivity index (χ1n) is 4.86. The molecule has 0 aliphatic carbocycles. The summed E-state index contributed by atoms with van der Waals surface area (Å²) in [5.74, 6) is -0.316. The topological polar surface area (TPSA) is 26.3 Å². The van der Waals surface area contributed by atoms with Crippen LogP contribution in [0.4, 0.5) is 0 Å².